The predicted molar refractivity (Wildman–Crippen MR) is 81.6 cm³/mol. The lowest BCUT2D eigenvalue weighted by molar-refractivity contribution is 0.600. The molecule has 0 aliphatic rings. The number of nitrogens with one attached hydrogen (secondary N) is 1. The molecule has 1 heterocycles. The summed E-state index contributed by atoms with van der Waals surface area (Å²) in [6.45, 7) is 1.75. The van der Waals surface area contributed by atoms with E-state index < -0.39 is 10.0 Å². The van der Waals surface area contributed by atoms with Crippen LogP contribution in [0.25, 0.3) is 0 Å². The largest absolute Gasteiger partial charge is 0.263 e. The number of sulfonamides is 1. The quantitative estimate of drug-likeness (QED) is 0.791. The summed E-state index contributed by atoms with van der Waals surface area (Å²) in [5.41, 5.74) is 0.672. The van der Waals surface area contributed by atoms with Crippen molar-refractivity contribution in [2.45, 2.75) is 11.8 Å². The van der Waals surface area contributed by atoms with Gasteiger partial charge in [-0.25, -0.2) is 13.4 Å². The third-order valence-electron chi connectivity index (χ3n) is 2.39. The first-order valence-electron chi connectivity index (χ1n) is 5.30. The fourth-order valence-corrected chi connectivity index (χ4v) is 3.65. The molecule has 0 aliphatic heterocycles. The molecule has 0 aliphatic carbocycles. The number of hydrogen-bond acceptors (Lipinski definition) is 3. The van der Waals surface area contributed by atoms with Crippen molar-refractivity contribution in [3.05, 3.63) is 51.0 Å². The van der Waals surface area contributed by atoms with Crippen molar-refractivity contribution >= 4 is 47.7 Å². The average Bonchev–Trinajstić information content (AvgIpc) is 2.31. The first-order chi connectivity index (χ1) is 8.88. The molecule has 0 spiro atoms. The van der Waals surface area contributed by atoms with Crippen LogP contribution in [0.3, 0.4) is 0 Å². The standard InChI is InChI=1S/C12H10Br2N2O2S/c1-8-5-6-9(13)7-10(8)19(17,18)16-12-4-2-3-11(14)15-12/h2-7H,1H3,(H,15,16). The van der Waals surface area contributed by atoms with E-state index in [1.165, 1.54) is 0 Å². The van der Waals surface area contributed by atoms with Crippen molar-refractivity contribution in [1.82, 2.24) is 4.98 Å². The Labute approximate surface area is 128 Å². The maximum absolute atomic E-state index is 12.3. The number of aryl methyl sites for hydroxylation is 1. The summed E-state index contributed by atoms with van der Waals surface area (Å²) in [7, 11) is -3.65. The summed E-state index contributed by atoms with van der Waals surface area (Å²) >= 11 is 6.47. The third-order valence-corrected chi connectivity index (χ3v) is 4.83. The van der Waals surface area contributed by atoms with E-state index in [-0.39, 0.29) is 10.7 Å². The number of nitrogens with zero attached hydrogens (tertiary/aromatic N) is 1. The third kappa shape index (κ3) is 3.55. The van der Waals surface area contributed by atoms with Gasteiger partial charge in [0.2, 0.25) is 0 Å². The summed E-state index contributed by atoms with van der Waals surface area (Å²) in [4.78, 5) is 4.28. The van der Waals surface area contributed by atoms with Crippen LogP contribution < -0.4 is 4.72 Å². The molecule has 4 nitrogen and oxygen atoms in total. The van der Waals surface area contributed by atoms with Gasteiger partial charge in [-0.05, 0) is 52.7 Å². The molecule has 0 atom stereocenters. The minimum Gasteiger partial charge on any atom is -0.263 e. The minimum absolute atomic E-state index is 0.226. The van der Waals surface area contributed by atoms with Gasteiger partial charge in [0.15, 0.2) is 0 Å². The van der Waals surface area contributed by atoms with E-state index in [0.29, 0.717) is 14.6 Å². The maximum Gasteiger partial charge on any atom is 0.263 e. The molecule has 0 saturated carbocycles. The van der Waals surface area contributed by atoms with Crippen molar-refractivity contribution in [3.8, 4) is 0 Å². The molecule has 2 rings (SSSR count). The summed E-state index contributed by atoms with van der Waals surface area (Å²) in [6, 6.07) is 10.1. The normalized spacial score (nSPS) is 11.3. The van der Waals surface area contributed by atoms with Gasteiger partial charge in [0.05, 0.1) is 4.90 Å². The second-order valence-corrected chi connectivity index (χ2v) is 7.24. The molecule has 19 heavy (non-hydrogen) atoms. The lowest BCUT2D eigenvalue weighted by Crippen LogP contribution is -2.15. The van der Waals surface area contributed by atoms with Crippen LogP contribution in [0.2, 0.25) is 0 Å². The molecule has 7 heteroatoms. The summed E-state index contributed by atoms with van der Waals surface area (Å²) in [5, 5.41) is 0. The Morgan fingerprint density at radius 1 is 1.16 bits per heavy atom. The Balaban J connectivity index is 2.40. The van der Waals surface area contributed by atoms with Crippen LogP contribution in [0.1, 0.15) is 5.56 Å². The van der Waals surface area contributed by atoms with Crippen LogP contribution in [0.15, 0.2) is 50.4 Å². The molecule has 0 unspecified atom stereocenters. The lowest BCUT2D eigenvalue weighted by atomic mass is 10.2. The van der Waals surface area contributed by atoms with Crippen molar-refractivity contribution < 1.29 is 8.42 Å². The van der Waals surface area contributed by atoms with Crippen LogP contribution in [-0.4, -0.2) is 13.4 Å². The summed E-state index contributed by atoms with van der Waals surface area (Å²) < 4.78 is 28.3. The molecule has 0 bridgehead atoms. The Bertz CT molecular complexity index is 717. The zero-order valence-corrected chi connectivity index (χ0v) is 13.9. The lowest BCUT2D eigenvalue weighted by Gasteiger charge is -2.10. The SMILES string of the molecule is Cc1ccc(Br)cc1S(=O)(=O)Nc1cccc(Br)n1. The smallest absolute Gasteiger partial charge is 0.263 e. The van der Waals surface area contributed by atoms with Crippen molar-refractivity contribution in [2.24, 2.45) is 0 Å². The number of hydrogen-bond donors (Lipinski definition) is 1. The monoisotopic (exact) mass is 404 g/mol. The van der Waals surface area contributed by atoms with Gasteiger partial charge in [-0.15, -0.1) is 0 Å². The minimum atomic E-state index is -3.65. The highest BCUT2D eigenvalue weighted by atomic mass is 79.9. The Kier molecular flexibility index (Phi) is 4.27. The Morgan fingerprint density at radius 2 is 1.89 bits per heavy atom. The highest BCUT2D eigenvalue weighted by molar-refractivity contribution is 9.10. The zero-order valence-electron chi connectivity index (χ0n) is 9.89. The number of anilines is 1. The Morgan fingerprint density at radius 3 is 2.58 bits per heavy atom. The maximum atomic E-state index is 12.3. The zero-order chi connectivity index (χ0) is 14.0. The van der Waals surface area contributed by atoms with Crippen LogP contribution in [0, 0.1) is 6.92 Å². The van der Waals surface area contributed by atoms with Crippen LogP contribution in [-0.2, 0) is 10.0 Å². The number of halogens is 2. The second kappa shape index (κ2) is 5.60. The van der Waals surface area contributed by atoms with E-state index >= 15 is 0 Å². The molecule has 0 fully saturated rings. The molecule has 0 radical (unpaired) electrons. The molecular weight excluding hydrogens is 396 g/mol. The highest BCUT2D eigenvalue weighted by Gasteiger charge is 2.17. The van der Waals surface area contributed by atoms with Gasteiger partial charge < -0.3 is 0 Å². The van der Waals surface area contributed by atoms with Gasteiger partial charge in [-0.3, -0.25) is 4.72 Å². The molecule has 0 saturated heterocycles. The average molecular weight is 406 g/mol. The van der Waals surface area contributed by atoms with Crippen LogP contribution in [0.4, 0.5) is 5.82 Å². The van der Waals surface area contributed by atoms with Crippen LogP contribution >= 0.6 is 31.9 Å². The van der Waals surface area contributed by atoms with E-state index in [4.69, 9.17) is 0 Å². The van der Waals surface area contributed by atoms with Crippen molar-refractivity contribution in [3.63, 3.8) is 0 Å². The number of pyridine rings is 1. The first kappa shape index (κ1) is 14.5. The summed E-state index contributed by atoms with van der Waals surface area (Å²) in [6.07, 6.45) is 0. The predicted octanol–water partition coefficient (Wildman–Crippen LogP) is 3.72. The highest BCUT2D eigenvalue weighted by Crippen LogP contribution is 2.23. The molecule has 100 valence electrons. The van der Waals surface area contributed by atoms with Crippen LogP contribution in [0.5, 0.6) is 0 Å². The molecular formula is C12H10Br2N2O2S. The van der Waals surface area contributed by atoms with Gasteiger partial charge in [0, 0.05) is 4.47 Å². The molecule has 0 amide bonds. The van der Waals surface area contributed by atoms with E-state index in [2.05, 4.69) is 41.6 Å². The molecule has 1 aromatic heterocycles. The van der Waals surface area contributed by atoms with Gasteiger partial charge in [-0.2, -0.15) is 0 Å². The van der Waals surface area contributed by atoms with Crippen molar-refractivity contribution in [2.75, 3.05) is 4.72 Å². The number of aromatic nitrogens is 1. The molecule has 2 aromatic rings. The molecule has 1 aromatic carbocycles. The van der Waals surface area contributed by atoms with E-state index in [0.717, 1.165) is 0 Å². The fraction of sp³-hybridized carbons (Fsp3) is 0.0833. The number of benzene rings is 1. The molecule has 1 N–H and O–H groups in total. The van der Waals surface area contributed by atoms with Gasteiger partial charge in [0.1, 0.15) is 10.4 Å². The Hall–Kier alpha value is -0.920. The number of rotatable bonds is 3. The second-order valence-electron chi connectivity index (χ2n) is 3.86. The summed E-state index contributed by atoms with van der Waals surface area (Å²) in [5.74, 6) is 0.272. The van der Waals surface area contributed by atoms with Gasteiger partial charge in [0.25, 0.3) is 10.0 Å². The topological polar surface area (TPSA) is 59.1 Å². The van der Waals surface area contributed by atoms with E-state index in [9.17, 15) is 8.42 Å². The van der Waals surface area contributed by atoms with E-state index in [1.807, 2.05) is 0 Å². The first-order valence-corrected chi connectivity index (χ1v) is 8.37. The fourth-order valence-electron chi connectivity index (χ4n) is 1.52. The van der Waals surface area contributed by atoms with E-state index in [1.54, 1.807) is 43.3 Å². The van der Waals surface area contributed by atoms with Gasteiger partial charge in [-0.1, -0.05) is 28.1 Å². The van der Waals surface area contributed by atoms with Gasteiger partial charge >= 0.3 is 0 Å². The van der Waals surface area contributed by atoms with Crippen molar-refractivity contribution in [1.29, 1.82) is 0 Å².